The minimum atomic E-state index is -3.59. The lowest BCUT2D eigenvalue weighted by Crippen LogP contribution is -3.43. The fourth-order valence-corrected chi connectivity index (χ4v) is 4.38. The van der Waals surface area contributed by atoms with Gasteiger partial charge in [-0.2, -0.15) is 0 Å². The number of nitrogens with zero attached hydrogens (tertiary/aromatic N) is 1. The third-order valence-corrected chi connectivity index (χ3v) is 6.84. The van der Waals surface area contributed by atoms with Crippen LogP contribution in [0.15, 0.2) is 24.3 Å². The molecule has 3 amide bonds. The smallest absolute Gasteiger partial charge is 0.377 e. The van der Waals surface area contributed by atoms with Gasteiger partial charge in [-0.05, 0) is 37.8 Å². The van der Waals surface area contributed by atoms with E-state index in [4.69, 9.17) is 14.9 Å². The molecule has 2 fully saturated rings. The van der Waals surface area contributed by atoms with Gasteiger partial charge in [0.2, 0.25) is 5.91 Å². The molecule has 2 saturated heterocycles. The fraction of sp³-hybridized carbons (Fsp3) is 0.583. The van der Waals surface area contributed by atoms with Gasteiger partial charge in [0.25, 0.3) is 5.91 Å². The predicted octanol–water partition coefficient (Wildman–Crippen LogP) is -1.30. The zero-order valence-corrected chi connectivity index (χ0v) is 22.4. The average Bonchev–Trinajstić information content (AvgIpc) is 3.33. The first-order valence-corrected chi connectivity index (χ1v) is 13.1. The standard InChI is InChI=1S/C24H31F2IN4O5/c1-2-18-7-8-19(36-18)9-10-20(32)31-11-12-35-14-17(31)13-29-22(33)16-5-3-15(4-6-16)21(28)30-23(34)24(25,26)27/h3-6,17-19,27H,2,7-14H2,1H3,(H2-,28,29,30,33,34)/p+1/t17-,18?,19?/m0/s1. The molecule has 0 aromatic heterocycles. The van der Waals surface area contributed by atoms with Crippen LogP contribution in [0, 0.1) is 5.41 Å². The highest BCUT2D eigenvalue weighted by molar-refractivity contribution is 6.07. The maximum Gasteiger partial charge on any atom is 0.518 e. The largest absolute Gasteiger partial charge is 0.518 e. The normalized spacial score (nSPS) is 22.2. The molecule has 3 N–H and O–H groups in total. The summed E-state index contributed by atoms with van der Waals surface area (Å²) in [5.74, 6) is -2.43. The molecule has 1 aromatic carbocycles. The van der Waals surface area contributed by atoms with Crippen molar-refractivity contribution in [3.05, 3.63) is 35.4 Å². The number of benzene rings is 1. The molecule has 0 spiro atoms. The Labute approximate surface area is 222 Å². The van der Waals surface area contributed by atoms with Gasteiger partial charge in [-0.1, -0.05) is 19.1 Å². The zero-order valence-electron chi connectivity index (χ0n) is 20.1. The highest BCUT2D eigenvalue weighted by Gasteiger charge is 2.46. The molecule has 0 bridgehead atoms. The number of rotatable bonds is 9. The SMILES string of the molecule is CCC1CCC(CCC(=O)N2CCOC[C@@H]2CNC(=O)c2ccc(C(=N)NC(=O)C(F)(F)[IH+])cc2)O1. The van der Waals surface area contributed by atoms with E-state index in [1.165, 1.54) is 24.3 Å². The molecule has 1 aromatic rings. The molecule has 0 radical (unpaired) electrons. The van der Waals surface area contributed by atoms with Crippen LogP contribution in [0.1, 0.15) is 54.9 Å². The van der Waals surface area contributed by atoms with Crippen LogP contribution in [-0.2, 0) is 19.1 Å². The van der Waals surface area contributed by atoms with Crippen LogP contribution in [-0.4, -0.2) is 76.9 Å². The third-order valence-electron chi connectivity index (χ3n) is 6.32. The summed E-state index contributed by atoms with van der Waals surface area (Å²) in [4.78, 5) is 38.6. The molecule has 2 heterocycles. The van der Waals surface area contributed by atoms with Gasteiger partial charge in [0, 0.05) is 30.6 Å². The summed E-state index contributed by atoms with van der Waals surface area (Å²) in [5.41, 5.74) is 0.469. The number of hydrogen-bond acceptors (Lipinski definition) is 6. The predicted molar refractivity (Wildman–Crippen MR) is 124 cm³/mol. The van der Waals surface area contributed by atoms with E-state index in [0.717, 1.165) is 19.3 Å². The van der Waals surface area contributed by atoms with Crippen molar-refractivity contribution in [1.29, 1.82) is 5.41 Å². The minimum Gasteiger partial charge on any atom is -0.377 e. The number of alkyl halides is 3. The molecule has 0 aliphatic carbocycles. The molecule has 198 valence electrons. The third kappa shape index (κ3) is 7.90. The summed E-state index contributed by atoms with van der Waals surface area (Å²) in [6, 6.07) is 5.35. The lowest BCUT2D eigenvalue weighted by Gasteiger charge is -2.36. The van der Waals surface area contributed by atoms with Crippen LogP contribution in [0.5, 0.6) is 0 Å². The van der Waals surface area contributed by atoms with Crippen molar-refractivity contribution in [3.8, 4) is 0 Å². The molecule has 36 heavy (non-hydrogen) atoms. The number of carbonyl (C=O) groups excluding carboxylic acids is 3. The molecule has 12 heteroatoms. The summed E-state index contributed by atoms with van der Waals surface area (Å²) in [5, 5.41) is 12.4. The second kappa shape index (κ2) is 12.9. The maximum absolute atomic E-state index is 13.0. The molecule has 2 aliphatic heterocycles. The lowest BCUT2D eigenvalue weighted by molar-refractivity contribution is -0.545. The number of nitrogens with one attached hydrogen (secondary N) is 3. The van der Waals surface area contributed by atoms with Gasteiger partial charge >= 0.3 is 32.4 Å². The molecule has 2 unspecified atom stereocenters. The van der Waals surface area contributed by atoms with Gasteiger partial charge in [-0.15, -0.1) is 8.78 Å². The topological polar surface area (TPSA) is 121 Å². The number of ether oxygens (including phenoxy) is 2. The number of carbonyl (C=O) groups is 3. The molecule has 3 rings (SSSR count). The highest BCUT2D eigenvalue weighted by atomic mass is 127. The molecule has 3 atom stereocenters. The minimum absolute atomic E-state index is 0.0175. The van der Waals surface area contributed by atoms with Gasteiger partial charge in [0.05, 0.1) is 31.5 Å². The Kier molecular flexibility index (Phi) is 10.1. The number of morpholine rings is 1. The van der Waals surface area contributed by atoms with E-state index < -0.39 is 15.7 Å². The van der Waals surface area contributed by atoms with E-state index in [-0.39, 0.29) is 47.7 Å². The van der Waals surface area contributed by atoms with Crippen molar-refractivity contribution < 1.29 is 55.2 Å². The Morgan fingerprint density at radius 1 is 1.17 bits per heavy atom. The summed E-state index contributed by atoms with van der Waals surface area (Å²) in [6.45, 7) is 3.54. The van der Waals surface area contributed by atoms with Gasteiger partial charge < -0.3 is 25.0 Å². The van der Waals surface area contributed by atoms with E-state index in [9.17, 15) is 23.2 Å². The van der Waals surface area contributed by atoms with Crippen molar-refractivity contribution in [2.45, 2.75) is 61.2 Å². The van der Waals surface area contributed by atoms with Crippen molar-refractivity contribution in [2.24, 2.45) is 0 Å². The summed E-state index contributed by atoms with van der Waals surface area (Å²) in [7, 11) is 0. The van der Waals surface area contributed by atoms with Crippen molar-refractivity contribution >= 4 is 23.6 Å². The van der Waals surface area contributed by atoms with Crippen molar-refractivity contribution in [2.75, 3.05) is 26.3 Å². The van der Waals surface area contributed by atoms with Crippen molar-refractivity contribution in [1.82, 2.24) is 15.5 Å². The van der Waals surface area contributed by atoms with Crippen LogP contribution in [0.2, 0.25) is 0 Å². The average molecular weight is 621 g/mol. The zero-order chi connectivity index (χ0) is 26.3. The van der Waals surface area contributed by atoms with Gasteiger partial charge in [0.1, 0.15) is 5.84 Å². The monoisotopic (exact) mass is 621 g/mol. The first-order valence-electron chi connectivity index (χ1n) is 12.0. The first-order chi connectivity index (χ1) is 17.1. The molecular formula is C24H32F2IN4O5+. The van der Waals surface area contributed by atoms with Gasteiger partial charge in [-0.25, -0.2) is 0 Å². The Balaban J connectivity index is 1.49. The molecule has 0 saturated carbocycles. The molecule has 2 aliphatic rings. The van der Waals surface area contributed by atoms with E-state index in [0.29, 0.717) is 55.2 Å². The summed E-state index contributed by atoms with van der Waals surface area (Å²) >= 11 is 0.366. The van der Waals surface area contributed by atoms with Gasteiger partial charge in [0.15, 0.2) is 0 Å². The first kappa shape index (κ1) is 28.4. The Morgan fingerprint density at radius 3 is 2.47 bits per heavy atom. The number of halogens is 3. The van der Waals surface area contributed by atoms with E-state index in [1.807, 2.05) is 5.32 Å². The second-order valence-corrected chi connectivity index (χ2v) is 10.3. The van der Waals surface area contributed by atoms with Crippen LogP contribution in [0.4, 0.5) is 8.78 Å². The lowest BCUT2D eigenvalue weighted by atomic mass is 10.1. The maximum atomic E-state index is 13.0. The second-order valence-electron chi connectivity index (χ2n) is 8.85. The number of hydrogen-bond donors (Lipinski definition) is 3. The quantitative estimate of drug-likeness (QED) is 0.137. The van der Waals surface area contributed by atoms with E-state index >= 15 is 0 Å². The number of amides is 3. The van der Waals surface area contributed by atoms with Crippen LogP contribution >= 0.6 is 0 Å². The van der Waals surface area contributed by atoms with Crippen LogP contribution < -0.4 is 33.2 Å². The molecular weight excluding hydrogens is 589 g/mol. The van der Waals surface area contributed by atoms with E-state index in [2.05, 4.69) is 12.2 Å². The van der Waals surface area contributed by atoms with Crippen molar-refractivity contribution in [3.63, 3.8) is 0 Å². The Bertz CT molecular complexity index is 957. The van der Waals surface area contributed by atoms with E-state index in [1.54, 1.807) is 4.90 Å². The number of amidine groups is 1. The fourth-order valence-electron chi connectivity index (χ4n) is 4.23. The Morgan fingerprint density at radius 2 is 1.83 bits per heavy atom. The van der Waals surface area contributed by atoms with Crippen LogP contribution in [0.25, 0.3) is 0 Å². The highest BCUT2D eigenvalue weighted by Crippen LogP contribution is 2.25. The van der Waals surface area contributed by atoms with Crippen LogP contribution in [0.3, 0.4) is 0 Å². The van der Waals surface area contributed by atoms with Gasteiger partial charge in [-0.3, -0.25) is 19.8 Å². The summed E-state index contributed by atoms with van der Waals surface area (Å²) < 4.78 is 33.9. The summed E-state index contributed by atoms with van der Waals surface area (Å²) in [6.07, 6.45) is 4.47. The molecule has 9 nitrogen and oxygen atoms in total. The Hall–Kier alpha value is -2.19.